The predicted molar refractivity (Wildman–Crippen MR) is 35.6 cm³/mol. The van der Waals surface area contributed by atoms with E-state index in [4.69, 9.17) is 65.8 Å². The van der Waals surface area contributed by atoms with Crippen molar-refractivity contribution >= 4 is 94.9 Å². The Morgan fingerprint density at radius 2 is 0.259 bits per heavy atom. The summed E-state index contributed by atoms with van der Waals surface area (Å²) in [6.45, 7) is 0. The molecule has 0 aromatic heterocycles. The van der Waals surface area contributed by atoms with Crippen molar-refractivity contribution in [3.63, 3.8) is 0 Å². The van der Waals surface area contributed by atoms with E-state index in [9.17, 15) is 0 Å². The van der Waals surface area contributed by atoms with Crippen LogP contribution in [0.5, 0.6) is 0 Å². The average molecular weight is 1320 g/mol. The second-order valence-electron chi connectivity index (χ2n) is 2.04. The van der Waals surface area contributed by atoms with Crippen LogP contribution < -0.4 is 34.7 Å². The van der Waals surface area contributed by atoms with Crippen molar-refractivity contribution in [1.29, 1.82) is 0 Å². The molecule has 160 valence electrons. The van der Waals surface area contributed by atoms with E-state index in [1.165, 1.54) is 0 Å². The molecule has 0 rings (SSSR count). The number of rotatable bonds is 0. The van der Waals surface area contributed by atoms with Crippen LogP contribution in [-0.2, 0) is 75.8 Å². The van der Waals surface area contributed by atoms with E-state index in [0.717, 1.165) is 0 Å². The van der Waals surface area contributed by atoms with E-state index in [1.807, 2.05) is 0 Å². The second-order valence-corrected chi connectivity index (χ2v) is 13.7. The molecule has 20 nitrogen and oxygen atoms in total. The molecular weight excluding hydrogens is 1320 g/mol. The first-order valence-electron chi connectivity index (χ1n) is 3.33. The molecule has 0 saturated carbocycles. The van der Waals surface area contributed by atoms with Gasteiger partial charge in [0.1, 0.15) is 0 Å². The van der Waals surface area contributed by atoms with E-state index < -0.39 is 94.9 Å². The van der Waals surface area contributed by atoms with Crippen molar-refractivity contribution in [3.8, 4) is 0 Å². The van der Waals surface area contributed by atoms with E-state index in [-0.39, 0.29) is 44.8 Å². The number of hydrogen-bond donors (Lipinski definition) is 0. The molecule has 0 aromatic carbocycles. The standard InChI is InChI=1S/5H2O4Te.2Ta/c5*1-5(2,3)4;;/h5*(H2,1,2,3,4);;/q;;;;;2*+5/p-10. The summed E-state index contributed by atoms with van der Waals surface area (Å²) in [7, 11) is 0. The minimum absolute atomic E-state index is 0. The molecule has 0 spiro atoms. The fourth-order valence-corrected chi connectivity index (χ4v) is 0. The summed E-state index contributed by atoms with van der Waals surface area (Å²) in [6, 6.07) is 0. The summed E-state index contributed by atoms with van der Waals surface area (Å²) >= 11 is -30.1. The van der Waals surface area contributed by atoms with E-state index in [1.54, 1.807) is 0 Å². The summed E-state index contributed by atoms with van der Waals surface area (Å²) in [4.78, 5) is 0. The minimum Gasteiger partial charge on any atom is 5.00 e. The molecule has 0 aliphatic heterocycles. The number of hydrogen-bond acceptors (Lipinski definition) is 20. The SMILES string of the molecule is O=[Te](=O)([O-])[O-].O=[Te](=O)([O-])[O-].O=[Te](=O)([O-])[O-].O=[Te](=O)([O-])[O-].O=[Te](=O)([O-])[O-].[Ta+5].[Ta+5]. The van der Waals surface area contributed by atoms with Crippen molar-refractivity contribution in [2.24, 2.45) is 0 Å². The third-order valence-electron chi connectivity index (χ3n) is 0. The quantitative estimate of drug-likeness (QED) is 0.203. The molecule has 0 aliphatic rings. The molecule has 0 saturated heterocycles. The van der Waals surface area contributed by atoms with Gasteiger partial charge in [-0.25, -0.2) is 0 Å². The Balaban J connectivity index is -0.0000000364. The first-order valence-corrected chi connectivity index (χ1v) is 22.4. The zero-order valence-electron chi connectivity index (χ0n) is 11.1. The van der Waals surface area contributed by atoms with Gasteiger partial charge in [-0.15, -0.1) is 0 Å². The Bertz CT molecular complexity index is 619. The van der Waals surface area contributed by atoms with Crippen LogP contribution in [0.3, 0.4) is 0 Å². The van der Waals surface area contributed by atoms with Crippen LogP contribution in [0, 0.1) is 0 Å². The third-order valence-corrected chi connectivity index (χ3v) is 0. The van der Waals surface area contributed by atoms with Crippen LogP contribution in [0.2, 0.25) is 0 Å². The Morgan fingerprint density at radius 3 is 0.259 bits per heavy atom. The summed E-state index contributed by atoms with van der Waals surface area (Å²) in [5.41, 5.74) is 0. The van der Waals surface area contributed by atoms with Crippen LogP contribution in [0.25, 0.3) is 0 Å². The Hall–Kier alpha value is 3.03. The zero-order chi connectivity index (χ0) is 22.5. The first-order chi connectivity index (χ1) is 10.0. The maximum Gasteiger partial charge on any atom is 5.00 e. The van der Waals surface area contributed by atoms with Crippen molar-refractivity contribution in [2.75, 3.05) is 0 Å². The molecule has 27 heteroatoms. The smallest absolute Gasteiger partial charge is 5.00 e. The molecule has 0 heterocycles. The van der Waals surface area contributed by atoms with Crippen molar-refractivity contribution in [3.05, 3.63) is 0 Å². The Kier molecular flexibility index (Phi) is 36.9. The van der Waals surface area contributed by atoms with Gasteiger partial charge in [0.2, 0.25) is 0 Å². The molecule has 0 aliphatic carbocycles. The van der Waals surface area contributed by atoms with Crippen LogP contribution in [0.4, 0.5) is 0 Å². The zero-order valence-corrected chi connectivity index (χ0v) is 29.2. The van der Waals surface area contributed by atoms with Crippen LogP contribution in [0.1, 0.15) is 0 Å². The normalized spacial score (nSPS) is 10.7. The van der Waals surface area contributed by atoms with E-state index in [2.05, 4.69) is 0 Å². The van der Waals surface area contributed by atoms with Crippen LogP contribution in [-0.4, -0.2) is 94.9 Å². The Morgan fingerprint density at radius 1 is 0.259 bits per heavy atom. The summed E-state index contributed by atoms with van der Waals surface area (Å²) in [6.07, 6.45) is 0. The van der Waals surface area contributed by atoms with Crippen molar-refractivity contribution < 1.29 is 111 Å². The van der Waals surface area contributed by atoms with Gasteiger partial charge in [-0.05, 0) is 0 Å². The van der Waals surface area contributed by atoms with Gasteiger partial charge >= 0.3 is 205 Å². The maximum absolute atomic E-state index is 8.63. The van der Waals surface area contributed by atoms with E-state index in [0.29, 0.717) is 0 Å². The van der Waals surface area contributed by atoms with Crippen LogP contribution >= 0.6 is 0 Å². The molecule has 0 unspecified atom stereocenters. The van der Waals surface area contributed by atoms with Gasteiger partial charge < -0.3 is 0 Å². The van der Waals surface area contributed by atoms with Crippen LogP contribution in [0.15, 0.2) is 0 Å². The van der Waals surface area contributed by atoms with Gasteiger partial charge in [-0.3, -0.25) is 0 Å². The van der Waals surface area contributed by atoms with Gasteiger partial charge in [0.25, 0.3) is 0 Å². The molecule has 0 amide bonds. The monoisotopic (exact) mass is 1330 g/mol. The molecule has 0 fully saturated rings. The molecule has 0 N–H and O–H groups in total. The van der Waals surface area contributed by atoms with Crippen molar-refractivity contribution in [1.82, 2.24) is 0 Å². The molecule has 0 aromatic rings. The van der Waals surface area contributed by atoms with Gasteiger partial charge in [0.05, 0.1) is 0 Å². The van der Waals surface area contributed by atoms with Gasteiger partial charge in [0, 0.05) is 0 Å². The first kappa shape index (κ1) is 47.7. The fraction of sp³-hybridized carbons (Fsp3) is 0. The third kappa shape index (κ3) is 2310. The minimum atomic E-state index is -6.02. The largest absolute Gasteiger partial charge is 5.00 e. The molecular formula is O20Ta2Te5. The van der Waals surface area contributed by atoms with Gasteiger partial charge in [-0.1, -0.05) is 0 Å². The predicted octanol–water partition coefficient (Wildman–Crippen LogP) is -15.0. The fourth-order valence-electron chi connectivity index (χ4n) is 0. The average Bonchev–Trinajstić information content (AvgIpc) is 1.79. The Labute approximate surface area is 201 Å². The molecule has 0 bridgehead atoms. The summed E-state index contributed by atoms with van der Waals surface area (Å²) in [5.74, 6) is 0. The summed E-state index contributed by atoms with van der Waals surface area (Å²) < 4.78 is 173. The topological polar surface area (TPSA) is 401 Å². The van der Waals surface area contributed by atoms with E-state index >= 15 is 0 Å². The second kappa shape index (κ2) is 20.9. The summed E-state index contributed by atoms with van der Waals surface area (Å²) in [5, 5.41) is 0. The maximum atomic E-state index is 8.63. The molecule has 0 radical (unpaired) electrons. The molecule has 27 heavy (non-hydrogen) atoms. The van der Waals surface area contributed by atoms with Gasteiger partial charge in [0.15, 0.2) is 0 Å². The molecule has 0 atom stereocenters. The van der Waals surface area contributed by atoms with Gasteiger partial charge in [-0.2, -0.15) is 0 Å². The van der Waals surface area contributed by atoms with Crippen molar-refractivity contribution in [2.45, 2.75) is 0 Å².